The number of rotatable bonds is 6. The van der Waals surface area contributed by atoms with Gasteiger partial charge in [0.1, 0.15) is 5.75 Å². The molecule has 2 aliphatic rings. The number of carbonyl (C=O) groups excluding carboxylic acids is 1. The van der Waals surface area contributed by atoms with Crippen molar-refractivity contribution in [1.82, 2.24) is 9.80 Å². The standard InChI is InChI=1S/C20H30N2O2/c1-3-21-13-5-9-18(21)19-10-6-14-22(19)20(23)12-11-16-7-4-8-17(15-16)24-2/h4,7-8,15,18-19H,3,5-6,9-14H2,1-2H3/t18-,19+/m1/s1. The molecule has 4 nitrogen and oxygen atoms in total. The fourth-order valence-corrected chi connectivity index (χ4v) is 4.41. The van der Waals surface area contributed by atoms with Gasteiger partial charge in [0.05, 0.1) is 7.11 Å². The Morgan fingerprint density at radius 1 is 1.21 bits per heavy atom. The molecule has 2 fully saturated rings. The van der Waals surface area contributed by atoms with Crippen LogP contribution in [0.2, 0.25) is 0 Å². The quantitative estimate of drug-likeness (QED) is 0.803. The molecule has 1 aromatic rings. The van der Waals surface area contributed by atoms with Crippen molar-refractivity contribution in [1.29, 1.82) is 0 Å². The zero-order valence-electron chi connectivity index (χ0n) is 15.0. The molecule has 2 atom stereocenters. The molecular formula is C20H30N2O2. The topological polar surface area (TPSA) is 32.8 Å². The number of methoxy groups -OCH3 is 1. The monoisotopic (exact) mass is 330 g/mol. The maximum absolute atomic E-state index is 12.8. The first-order valence-corrected chi connectivity index (χ1v) is 9.39. The molecule has 0 N–H and O–H groups in total. The molecule has 2 aliphatic heterocycles. The van der Waals surface area contributed by atoms with Crippen LogP contribution in [-0.2, 0) is 11.2 Å². The van der Waals surface area contributed by atoms with Crippen LogP contribution in [0.3, 0.4) is 0 Å². The molecule has 0 bridgehead atoms. The lowest BCUT2D eigenvalue weighted by Gasteiger charge is -2.34. The van der Waals surface area contributed by atoms with Crippen molar-refractivity contribution in [3.8, 4) is 5.75 Å². The van der Waals surface area contributed by atoms with Crippen LogP contribution in [-0.4, -0.2) is 54.5 Å². The molecule has 132 valence electrons. The third-order valence-corrected chi connectivity index (χ3v) is 5.65. The van der Waals surface area contributed by atoms with Crippen LogP contribution in [0.1, 0.15) is 44.6 Å². The van der Waals surface area contributed by atoms with Gasteiger partial charge in [-0.1, -0.05) is 19.1 Å². The molecular weight excluding hydrogens is 300 g/mol. The smallest absolute Gasteiger partial charge is 0.223 e. The minimum absolute atomic E-state index is 0.322. The Balaban J connectivity index is 1.59. The lowest BCUT2D eigenvalue weighted by atomic mass is 10.0. The van der Waals surface area contributed by atoms with Gasteiger partial charge < -0.3 is 9.64 Å². The number of benzene rings is 1. The molecule has 3 rings (SSSR count). The van der Waals surface area contributed by atoms with E-state index >= 15 is 0 Å². The Morgan fingerprint density at radius 2 is 2.00 bits per heavy atom. The second-order valence-electron chi connectivity index (χ2n) is 6.99. The van der Waals surface area contributed by atoms with Gasteiger partial charge in [-0.15, -0.1) is 0 Å². The highest BCUT2D eigenvalue weighted by molar-refractivity contribution is 5.77. The summed E-state index contributed by atoms with van der Waals surface area (Å²) >= 11 is 0. The molecule has 1 aromatic carbocycles. The van der Waals surface area contributed by atoms with Gasteiger partial charge in [0, 0.05) is 25.0 Å². The first-order valence-electron chi connectivity index (χ1n) is 9.39. The predicted molar refractivity (Wildman–Crippen MR) is 96.3 cm³/mol. The van der Waals surface area contributed by atoms with Crippen molar-refractivity contribution >= 4 is 5.91 Å². The zero-order chi connectivity index (χ0) is 16.9. The summed E-state index contributed by atoms with van der Waals surface area (Å²) in [6.07, 6.45) is 6.25. The largest absolute Gasteiger partial charge is 0.497 e. The van der Waals surface area contributed by atoms with E-state index in [1.807, 2.05) is 18.2 Å². The SMILES string of the molecule is CCN1CCC[C@@H]1[C@@H]1CCCN1C(=O)CCc1cccc(OC)c1. The second kappa shape index (κ2) is 8.02. The summed E-state index contributed by atoms with van der Waals surface area (Å²) in [5.74, 6) is 1.19. The number of likely N-dealkylation sites (N-methyl/N-ethyl adjacent to an activating group) is 1. The highest BCUT2D eigenvalue weighted by Crippen LogP contribution is 2.30. The van der Waals surface area contributed by atoms with E-state index in [1.54, 1.807) is 7.11 Å². The number of carbonyl (C=O) groups is 1. The Bertz CT molecular complexity index is 560. The van der Waals surface area contributed by atoms with Gasteiger partial charge in [0.25, 0.3) is 0 Å². The van der Waals surface area contributed by atoms with Crippen LogP contribution >= 0.6 is 0 Å². The molecule has 0 spiro atoms. The van der Waals surface area contributed by atoms with Gasteiger partial charge in [-0.3, -0.25) is 9.69 Å². The van der Waals surface area contributed by atoms with Crippen LogP contribution in [0, 0.1) is 0 Å². The Hall–Kier alpha value is -1.55. The van der Waals surface area contributed by atoms with E-state index in [9.17, 15) is 4.79 Å². The molecule has 0 unspecified atom stereocenters. The van der Waals surface area contributed by atoms with Crippen molar-refractivity contribution in [2.24, 2.45) is 0 Å². The summed E-state index contributed by atoms with van der Waals surface area (Å²) in [5.41, 5.74) is 1.18. The van der Waals surface area contributed by atoms with Crippen LogP contribution in [0.4, 0.5) is 0 Å². The fraction of sp³-hybridized carbons (Fsp3) is 0.650. The van der Waals surface area contributed by atoms with Gasteiger partial charge >= 0.3 is 0 Å². The van der Waals surface area contributed by atoms with Gasteiger partial charge in [0.2, 0.25) is 5.91 Å². The number of hydrogen-bond donors (Lipinski definition) is 0. The number of hydrogen-bond acceptors (Lipinski definition) is 3. The predicted octanol–water partition coefficient (Wildman–Crippen LogP) is 3.10. The van der Waals surface area contributed by atoms with E-state index in [-0.39, 0.29) is 0 Å². The summed E-state index contributed by atoms with van der Waals surface area (Å²) in [4.78, 5) is 17.6. The second-order valence-corrected chi connectivity index (χ2v) is 6.99. The number of likely N-dealkylation sites (tertiary alicyclic amines) is 2. The maximum atomic E-state index is 12.8. The molecule has 2 heterocycles. The highest BCUT2D eigenvalue weighted by atomic mass is 16.5. The number of ether oxygens (including phenoxy) is 1. The van der Waals surface area contributed by atoms with Crippen LogP contribution in [0.15, 0.2) is 24.3 Å². The average Bonchev–Trinajstić information content (AvgIpc) is 3.27. The molecule has 1 amide bonds. The van der Waals surface area contributed by atoms with Gasteiger partial charge in [-0.05, 0) is 62.9 Å². The molecule has 0 radical (unpaired) electrons. The lowest BCUT2D eigenvalue weighted by molar-refractivity contribution is -0.133. The Labute approximate surface area is 145 Å². The van der Waals surface area contributed by atoms with Gasteiger partial charge in [-0.25, -0.2) is 0 Å². The zero-order valence-corrected chi connectivity index (χ0v) is 15.0. The summed E-state index contributed by atoms with van der Waals surface area (Å²) in [6, 6.07) is 9.07. The third-order valence-electron chi connectivity index (χ3n) is 5.65. The van der Waals surface area contributed by atoms with Crippen molar-refractivity contribution in [3.63, 3.8) is 0 Å². The van der Waals surface area contributed by atoms with E-state index in [0.717, 1.165) is 31.7 Å². The summed E-state index contributed by atoms with van der Waals surface area (Å²) in [6.45, 7) is 5.48. The Morgan fingerprint density at radius 3 is 2.79 bits per heavy atom. The highest BCUT2D eigenvalue weighted by Gasteiger charge is 2.38. The summed E-state index contributed by atoms with van der Waals surface area (Å²) in [5, 5.41) is 0. The van der Waals surface area contributed by atoms with Crippen molar-refractivity contribution in [2.75, 3.05) is 26.7 Å². The van der Waals surface area contributed by atoms with Crippen LogP contribution < -0.4 is 4.74 Å². The minimum Gasteiger partial charge on any atom is -0.497 e. The molecule has 24 heavy (non-hydrogen) atoms. The fourth-order valence-electron chi connectivity index (χ4n) is 4.41. The summed E-state index contributed by atoms with van der Waals surface area (Å²) < 4.78 is 5.27. The van der Waals surface area contributed by atoms with E-state index in [4.69, 9.17) is 4.74 Å². The van der Waals surface area contributed by atoms with Crippen LogP contribution in [0.25, 0.3) is 0 Å². The van der Waals surface area contributed by atoms with Crippen molar-refractivity contribution in [3.05, 3.63) is 29.8 Å². The van der Waals surface area contributed by atoms with Crippen molar-refractivity contribution < 1.29 is 9.53 Å². The van der Waals surface area contributed by atoms with E-state index in [2.05, 4.69) is 22.8 Å². The maximum Gasteiger partial charge on any atom is 0.223 e. The molecule has 0 aromatic heterocycles. The first-order chi connectivity index (χ1) is 11.7. The molecule has 4 heteroatoms. The molecule has 0 aliphatic carbocycles. The number of nitrogens with zero attached hydrogens (tertiary/aromatic N) is 2. The average molecular weight is 330 g/mol. The lowest BCUT2D eigenvalue weighted by Crippen LogP contribution is -2.48. The van der Waals surface area contributed by atoms with E-state index in [1.165, 1.54) is 31.4 Å². The summed E-state index contributed by atoms with van der Waals surface area (Å²) in [7, 11) is 1.68. The number of aryl methyl sites for hydroxylation is 1. The van der Waals surface area contributed by atoms with E-state index < -0.39 is 0 Å². The van der Waals surface area contributed by atoms with Crippen molar-refractivity contribution in [2.45, 2.75) is 57.5 Å². The molecule has 2 saturated heterocycles. The van der Waals surface area contributed by atoms with Gasteiger partial charge in [-0.2, -0.15) is 0 Å². The first kappa shape index (κ1) is 17.3. The van der Waals surface area contributed by atoms with Crippen LogP contribution in [0.5, 0.6) is 5.75 Å². The molecule has 0 saturated carbocycles. The van der Waals surface area contributed by atoms with Gasteiger partial charge in [0.15, 0.2) is 0 Å². The normalized spacial score (nSPS) is 24.5. The Kier molecular flexibility index (Phi) is 5.77. The number of amides is 1. The minimum atomic E-state index is 0.322. The third kappa shape index (κ3) is 3.75. The van der Waals surface area contributed by atoms with E-state index in [0.29, 0.717) is 24.4 Å².